The predicted molar refractivity (Wildman–Crippen MR) is 133 cm³/mol. The molecule has 1 fully saturated rings. The third-order valence-electron chi connectivity index (χ3n) is 7.28. The Hall–Kier alpha value is -3.35. The molecule has 0 bridgehead atoms. The number of carboxylic acids is 1. The number of carbonyl (C=O) groups excluding carboxylic acids is 2. The van der Waals surface area contributed by atoms with Gasteiger partial charge in [-0.3, -0.25) is 9.59 Å². The smallest absolute Gasteiger partial charge is 0.407 e. The second-order valence-corrected chi connectivity index (χ2v) is 9.68. The van der Waals surface area contributed by atoms with Crippen molar-refractivity contribution in [2.75, 3.05) is 6.61 Å². The first-order chi connectivity index (χ1) is 16.9. The summed E-state index contributed by atoms with van der Waals surface area (Å²) < 4.78 is 5.59. The van der Waals surface area contributed by atoms with Crippen molar-refractivity contribution in [1.29, 1.82) is 0 Å². The van der Waals surface area contributed by atoms with Crippen LogP contribution in [0.15, 0.2) is 48.5 Å². The molecule has 0 spiro atoms. The van der Waals surface area contributed by atoms with Gasteiger partial charge in [-0.2, -0.15) is 0 Å². The Kier molecular flexibility index (Phi) is 7.73. The van der Waals surface area contributed by atoms with Crippen molar-refractivity contribution in [3.63, 3.8) is 0 Å². The molecule has 0 heterocycles. The van der Waals surface area contributed by atoms with E-state index in [0.29, 0.717) is 0 Å². The molecule has 186 valence electrons. The fourth-order valence-electron chi connectivity index (χ4n) is 5.64. The van der Waals surface area contributed by atoms with Crippen LogP contribution >= 0.6 is 0 Å². The largest absolute Gasteiger partial charge is 0.481 e. The molecule has 1 saturated carbocycles. The van der Waals surface area contributed by atoms with Gasteiger partial charge in [-0.15, -0.1) is 0 Å². The average Bonchev–Trinajstić information content (AvgIpc) is 3.43. The van der Waals surface area contributed by atoms with E-state index in [1.165, 1.54) is 0 Å². The number of alkyl carbamates (subject to hydrolysis) is 1. The van der Waals surface area contributed by atoms with Crippen molar-refractivity contribution in [2.24, 2.45) is 0 Å². The zero-order valence-electron chi connectivity index (χ0n) is 20.2. The van der Waals surface area contributed by atoms with Gasteiger partial charge in [-0.1, -0.05) is 74.7 Å². The van der Waals surface area contributed by atoms with Gasteiger partial charge in [0.25, 0.3) is 0 Å². The Labute approximate surface area is 206 Å². The number of carbonyl (C=O) groups is 3. The molecule has 0 aliphatic heterocycles. The van der Waals surface area contributed by atoms with Gasteiger partial charge in [0.15, 0.2) is 0 Å². The number of nitrogens with one attached hydrogen (secondary N) is 2. The minimum absolute atomic E-state index is 0.00751. The van der Waals surface area contributed by atoms with Crippen LogP contribution in [-0.4, -0.2) is 41.3 Å². The number of amides is 2. The molecule has 2 aromatic rings. The molecule has 35 heavy (non-hydrogen) atoms. The number of rotatable bonds is 10. The average molecular weight is 479 g/mol. The maximum atomic E-state index is 13.1. The topological polar surface area (TPSA) is 105 Å². The molecular formula is C28H34N2O5. The summed E-state index contributed by atoms with van der Waals surface area (Å²) in [5, 5.41) is 14.9. The summed E-state index contributed by atoms with van der Waals surface area (Å²) >= 11 is 0. The highest BCUT2D eigenvalue weighted by molar-refractivity contribution is 5.87. The first kappa shape index (κ1) is 24.8. The number of ether oxygens (including phenoxy) is 1. The van der Waals surface area contributed by atoms with E-state index in [0.717, 1.165) is 60.8 Å². The van der Waals surface area contributed by atoms with Crippen molar-refractivity contribution in [1.82, 2.24) is 10.6 Å². The molecular weight excluding hydrogens is 444 g/mol. The van der Waals surface area contributed by atoms with E-state index >= 15 is 0 Å². The van der Waals surface area contributed by atoms with E-state index in [-0.39, 0.29) is 36.8 Å². The van der Waals surface area contributed by atoms with E-state index in [4.69, 9.17) is 9.84 Å². The highest BCUT2D eigenvalue weighted by Gasteiger charge is 2.37. The highest BCUT2D eigenvalue weighted by Crippen LogP contribution is 2.44. The summed E-state index contributed by atoms with van der Waals surface area (Å²) in [6, 6.07) is 15.2. The van der Waals surface area contributed by atoms with E-state index in [9.17, 15) is 14.4 Å². The lowest BCUT2D eigenvalue weighted by molar-refractivity contribution is -0.137. The molecule has 1 unspecified atom stereocenters. The van der Waals surface area contributed by atoms with Gasteiger partial charge in [0.2, 0.25) is 5.91 Å². The Morgan fingerprint density at radius 2 is 1.63 bits per heavy atom. The number of fused-ring (bicyclic) bond motifs is 3. The predicted octanol–water partition coefficient (Wildman–Crippen LogP) is 4.99. The molecule has 4 rings (SSSR count). The normalized spacial score (nSPS) is 16.7. The van der Waals surface area contributed by atoms with Crippen LogP contribution in [-0.2, 0) is 14.3 Å². The zero-order valence-corrected chi connectivity index (χ0v) is 20.2. The lowest BCUT2D eigenvalue weighted by Crippen LogP contribution is -2.54. The standard InChI is InChI=1S/C28H34N2O5/c1-2-15-28(16-7-8-17-28)30-26(33)24(13-14-25(31)32)29-27(34)35-18-23-21-11-5-3-9-19(21)20-10-4-6-12-22(20)23/h3-6,9-12,23-24H,2,7-8,13-18H2,1H3,(H,29,34)(H,30,33)(H,31,32). The number of hydrogen-bond acceptors (Lipinski definition) is 4. The van der Waals surface area contributed by atoms with Crippen LogP contribution in [0.3, 0.4) is 0 Å². The van der Waals surface area contributed by atoms with Gasteiger partial charge in [0.1, 0.15) is 12.6 Å². The first-order valence-electron chi connectivity index (χ1n) is 12.6. The third-order valence-corrected chi connectivity index (χ3v) is 7.28. The van der Waals surface area contributed by atoms with Gasteiger partial charge >= 0.3 is 12.1 Å². The lowest BCUT2D eigenvalue weighted by Gasteiger charge is -2.32. The van der Waals surface area contributed by atoms with Gasteiger partial charge in [0.05, 0.1) is 0 Å². The van der Waals surface area contributed by atoms with Crippen LogP contribution < -0.4 is 10.6 Å². The molecule has 2 aliphatic rings. The van der Waals surface area contributed by atoms with Gasteiger partial charge in [-0.05, 0) is 47.9 Å². The summed E-state index contributed by atoms with van der Waals surface area (Å²) in [7, 11) is 0. The van der Waals surface area contributed by atoms with Gasteiger partial charge < -0.3 is 20.5 Å². The quantitative estimate of drug-likeness (QED) is 0.446. The van der Waals surface area contributed by atoms with Crippen LogP contribution in [0, 0.1) is 0 Å². The maximum absolute atomic E-state index is 13.1. The van der Waals surface area contributed by atoms with E-state index in [1.54, 1.807) is 0 Å². The SMILES string of the molecule is CCCC1(NC(=O)C(CCC(=O)O)NC(=O)OCC2c3ccccc3-c3ccccc32)CCCC1. The molecule has 1 atom stereocenters. The van der Waals surface area contributed by atoms with Gasteiger partial charge in [-0.25, -0.2) is 4.79 Å². The van der Waals surface area contributed by atoms with E-state index in [1.807, 2.05) is 36.4 Å². The lowest BCUT2D eigenvalue weighted by atomic mass is 9.91. The van der Waals surface area contributed by atoms with Gasteiger partial charge in [0, 0.05) is 17.9 Å². The van der Waals surface area contributed by atoms with E-state index < -0.39 is 18.1 Å². The van der Waals surface area contributed by atoms with Crippen molar-refractivity contribution >= 4 is 18.0 Å². The second kappa shape index (κ2) is 10.9. The number of benzene rings is 2. The molecule has 7 heteroatoms. The summed E-state index contributed by atoms with van der Waals surface area (Å²) in [5.41, 5.74) is 4.20. The molecule has 7 nitrogen and oxygen atoms in total. The Balaban J connectivity index is 1.42. The Bertz CT molecular complexity index is 1030. The number of carboxylic acid groups (broad SMARTS) is 1. The summed E-state index contributed by atoms with van der Waals surface area (Å²) in [6.07, 6.45) is 4.81. The Morgan fingerprint density at radius 1 is 1.03 bits per heavy atom. The number of aliphatic carboxylic acids is 1. The molecule has 2 aliphatic carbocycles. The summed E-state index contributed by atoms with van der Waals surface area (Å²) in [4.78, 5) is 37.1. The van der Waals surface area contributed by atoms with Crippen molar-refractivity contribution in [2.45, 2.75) is 75.8 Å². The fraction of sp³-hybridized carbons (Fsp3) is 0.464. The molecule has 0 saturated heterocycles. The van der Waals surface area contributed by atoms with Crippen LogP contribution in [0.5, 0.6) is 0 Å². The summed E-state index contributed by atoms with van der Waals surface area (Å²) in [5.74, 6) is -1.44. The molecule has 3 N–H and O–H groups in total. The molecule has 2 aromatic carbocycles. The van der Waals surface area contributed by atoms with Crippen molar-refractivity contribution in [3.8, 4) is 11.1 Å². The first-order valence-corrected chi connectivity index (χ1v) is 12.6. The van der Waals surface area contributed by atoms with E-state index in [2.05, 4.69) is 29.7 Å². The van der Waals surface area contributed by atoms with Crippen LogP contribution in [0.1, 0.15) is 75.3 Å². The van der Waals surface area contributed by atoms with Crippen molar-refractivity contribution < 1.29 is 24.2 Å². The second-order valence-electron chi connectivity index (χ2n) is 9.68. The summed E-state index contributed by atoms with van der Waals surface area (Å²) in [6.45, 7) is 2.22. The molecule has 0 aromatic heterocycles. The maximum Gasteiger partial charge on any atom is 0.407 e. The minimum atomic E-state index is -1.01. The Morgan fingerprint density at radius 3 is 2.20 bits per heavy atom. The molecule has 0 radical (unpaired) electrons. The van der Waals surface area contributed by atoms with Crippen LogP contribution in [0.4, 0.5) is 4.79 Å². The highest BCUT2D eigenvalue weighted by atomic mass is 16.5. The third kappa shape index (κ3) is 5.66. The fourth-order valence-corrected chi connectivity index (χ4v) is 5.64. The molecule has 2 amide bonds. The van der Waals surface area contributed by atoms with Crippen LogP contribution in [0.25, 0.3) is 11.1 Å². The monoisotopic (exact) mass is 478 g/mol. The number of hydrogen-bond donors (Lipinski definition) is 3. The minimum Gasteiger partial charge on any atom is -0.481 e. The van der Waals surface area contributed by atoms with Crippen LogP contribution in [0.2, 0.25) is 0 Å². The van der Waals surface area contributed by atoms with Crippen molar-refractivity contribution in [3.05, 3.63) is 59.7 Å². The zero-order chi connectivity index (χ0) is 24.8.